The summed E-state index contributed by atoms with van der Waals surface area (Å²) in [5, 5.41) is 1.18. The van der Waals surface area contributed by atoms with Gasteiger partial charge in [-0.15, -0.1) is 0 Å². The largest absolute Gasteiger partial charge is 0.348 e. The Hall–Kier alpha value is -3.13. The Labute approximate surface area is 148 Å². The highest BCUT2D eigenvalue weighted by molar-refractivity contribution is 5.89. The molecule has 0 spiro atoms. The summed E-state index contributed by atoms with van der Waals surface area (Å²) in [7, 11) is 0. The van der Waals surface area contributed by atoms with Crippen molar-refractivity contribution < 1.29 is 0 Å². The number of para-hydroxylation sites is 2. The third-order valence-electron chi connectivity index (χ3n) is 4.53. The number of hydrogen-bond donors (Lipinski definition) is 0. The Bertz CT molecular complexity index is 990. The van der Waals surface area contributed by atoms with Crippen molar-refractivity contribution in [1.29, 1.82) is 0 Å². The van der Waals surface area contributed by atoms with Gasteiger partial charge in [-0.25, -0.2) is 0 Å². The van der Waals surface area contributed by atoms with Crippen molar-refractivity contribution in [3.8, 4) is 0 Å². The second kappa shape index (κ2) is 6.78. The van der Waals surface area contributed by atoms with Gasteiger partial charge in [0.15, 0.2) is 0 Å². The summed E-state index contributed by atoms with van der Waals surface area (Å²) >= 11 is 0. The number of allylic oxidation sites excluding steroid dienone is 4. The average molecular weight is 324 g/mol. The normalized spacial score (nSPS) is 15.2. The van der Waals surface area contributed by atoms with Gasteiger partial charge in [0.25, 0.3) is 0 Å². The Morgan fingerprint density at radius 2 is 1.84 bits per heavy atom. The summed E-state index contributed by atoms with van der Waals surface area (Å²) in [5.41, 5.74) is 5.98. The van der Waals surface area contributed by atoms with Crippen molar-refractivity contribution in [2.45, 2.75) is 6.92 Å². The van der Waals surface area contributed by atoms with E-state index in [0.29, 0.717) is 0 Å². The van der Waals surface area contributed by atoms with Gasteiger partial charge in [-0.1, -0.05) is 54.6 Å². The van der Waals surface area contributed by atoms with Crippen LogP contribution in [0.4, 0.5) is 5.69 Å². The van der Waals surface area contributed by atoms with Crippen molar-refractivity contribution in [3.63, 3.8) is 0 Å². The van der Waals surface area contributed by atoms with Crippen LogP contribution in [0.2, 0.25) is 0 Å². The standard InChI is InChI=1S/C23H20N2/c1-2-25-17-15-19(21-11-4-6-13-23(21)25)9-7-8-18-14-16-24-22-12-5-3-10-20(18)22/h3-17H,2H2,1H3/b8-7+,19-9-. The topological polar surface area (TPSA) is 16.1 Å². The monoisotopic (exact) mass is 324 g/mol. The fourth-order valence-corrected chi connectivity index (χ4v) is 3.25. The van der Waals surface area contributed by atoms with E-state index in [1.54, 1.807) is 0 Å². The van der Waals surface area contributed by atoms with Crippen LogP contribution < -0.4 is 4.90 Å². The molecule has 1 aromatic heterocycles. The number of anilines is 1. The SMILES string of the molecule is CCN1C=C/C(=C/C=C/c2ccnc3ccccc23)c2ccccc21. The first-order chi connectivity index (χ1) is 12.4. The highest BCUT2D eigenvalue weighted by atomic mass is 15.1. The number of aromatic nitrogens is 1. The van der Waals surface area contributed by atoms with Crippen LogP contribution in [0.25, 0.3) is 22.6 Å². The van der Waals surface area contributed by atoms with Crippen LogP contribution in [0.15, 0.2) is 85.2 Å². The summed E-state index contributed by atoms with van der Waals surface area (Å²) in [6, 6.07) is 18.8. The zero-order valence-electron chi connectivity index (χ0n) is 14.3. The Balaban J connectivity index is 1.69. The molecule has 0 fully saturated rings. The minimum atomic E-state index is 0.972. The van der Waals surface area contributed by atoms with E-state index >= 15 is 0 Å². The quantitative estimate of drug-likeness (QED) is 0.615. The molecule has 25 heavy (non-hydrogen) atoms. The first-order valence-electron chi connectivity index (χ1n) is 8.63. The number of benzene rings is 2. The minimum absolute atomic E-state index is 0.972. The van der Waals surface area contributed by atoms with Crippen LogP contribution in [-0.2, 0) is 0 Å². The number of nitrogens with zero attached hydrogens (tertiary/aromatic N) is 2. The molecule has 1 aliphatic heterocycles. The van der Waals surface area contributed by atoms with Crippen LogP contribution in [0.1, 0.15) is 18.1 Å². The molecule has 0 atom stereocenters. The lowest BCUT2D eigenvalue weighted by molar-refractivity contribution is 1.01. The third-order valence-corrected chi connectivity index (χ3v) is 4.53. The van der Waals surface area contributed by atoms with Crippen LogP contribution in [-0.4, -0.2) is 11.5 Å². The molecule has 0 N–H and O–H groups in total. The molecule has 0 saturated carbocycles. The van der Waals surface area contributed by atoms with E-state index in [4.69, 9.17) is 0 Å². The van der Waals surface area contributed by atoms with E-state index in [1.807, 2.05) is 18.3 Å². The van der Waals surface area contributed by atoms with E-state index in [9.17, 15) is 0 Å². The summed E-state index contributed by atoms with van der Waals surface area (Å²) in [4.78, 5) is 6.69. The van der Waals surface area contributed by atoms with Crippen molar-refractivity contribution in [2.75, 3.05) is 11.4 Å². The van der Waals surface area contributed by atoms with Crippen molar-refractivity contribution in [2.24, 2.45) is 0 Å². The summed E-state index contributed by atoms with van der Waals surface area (Å²) in [6.07, 6.45) is 12.7. The van der Waals surface area contributed by atoms with Gasteiger partial charge in [-0.3, -0.25) is 4.98 Å². The molecule has 2 heterocycles. The molecule has 2 heteroatoms. The zero-order chi connectivity index (χ0) is 17.1. The maximum atomic E-state index is 4.42. The van der Waals surface area contributed by atoms with Gasteiger partial charge in [-0.2, -0.15) is 0 Å². The lowest BCUT2D eigenvalue weighted by atomic mass is 9.99. The van der Waals surface area contributed by atoms with E-state index < -0.39 is 0 Å². The van der Waals surface area contributed by atoms with Crippen molar-refractivity contribution >= 4 is 28.2 Å². The molecule has 3 aromatic rings. The molecule has 1 aliphatic rings. The van der Waals surface area contributed by atoms with Crippen LogP contribution >= 0.6 is 0 Å². The molecular formula is C23H20N2. The lowest BCUT2D eigenvalue weighted by Crippen LogP contribution is -2.18. The van der Waals surface area contributed by atoms with Gasteiger partial charge in [-0.05, 0) is 42.3 Å². The van der Waals surface area contributed by atoms with Gasteiger partial charge in [0.05, 0.1) is 5.52 Å². The second-order valence-electron chi connectivity index (χ2n) is 6.02. The molecule has 0 bridgehead atoms. The smallest absolute Gasteiger partial charge is 0.0707 e. The molecule has 4 rings (SSSR count). The Morgan fingerprint density at radius 1 is 1.00 bits per heavy atom. The molecule has 0 amide bonds. The van der Waals surface area contributed by atoms with E-state index in [0.717, 1.165) is 12.1 Å². The molecule has 122 valence electrons. The van der Waals surface area contributed by atoms with Crippen LogP contribution in [0.3, 0.4) is 0 Å². The molecule has 0 aliphatic carbocycles. The summed E-state index contributed by atoms with van der Waals surface area (Å²) in [5.74, 6) is 0. The first-order valence-corrected chi connectivity index (χ1v) is 8.63. The molecular weight excluding hydrogens is 304 g/mol. The maximum Gasteiger partial charge on any atom is 0.0707 e. The number of hydrogen-bond acceptors (Lipinski definition) is 2. The van der Waals surface area contributed by atoms with Gasteiger partial charge >= 0.3 is 0 Å². The van der Waals surface area contributed by atoms with Crippen molar-refractivity contribution in [3.05, 3.63) is 96.3 Å². The molecule has 2 aromatic carbocycles. The lowest BCUT2D eigenvalue weighted by Gasteiger charge is -2.26. The number of rotatable bonds is 3. The fourth-order valence-electron chi connectivity index (χ4n) is 3.25. The number of pyridine rings is 1. The predicted molar refractivity (Wildman–Crippen MR) is 107 cm³/mol. The zero-order valence-corrected chi connectivity index (χ0v) is 14.3. The number of fused-ring (bicyclic) bond motifs is 2. The van der Waals surface area contributed by atoms with Crippen LogP contribution in [0.5, 0.6) is 0 Å². The van der Waals surface area contributed by atoms with Crippen molar-refractivity contribution in [1.82, 2.24) is 4.98 Å². The summed E-state index contributed by atoms with van der Waals surface area (Å²) in [6.45, 7) is 3.14. The fraction of sp³-hybridized carbons (Fsp3) is 0.0870. The molecule has 0 saturated heterocycles. The van der Waals surface area contributed by atoms with E-state index in [2.05, 4.69) is 89.8 Å². The first kappa shape index (κ1) is 15.4. The van der Waals surface area contributed by atoms with Gasteiger partial charge < -0.3 is 4.90 Å². The second-order valence-corrected chi connectivity index (χ2v) is 6.02. The van der Waals surface area contributed by atoms with Gasteiger partial charge in [0.2, 0.25) is 0 Å². The Kier molecular flexibility index (Phi) is 4.17. The van der Waals surface area contributed by atoms with E-state index in [1.165, 1.54) is 27.8 Å². The highest BCUT2D eigenvalue weighted by Crippen LogP contribution is 2.32. The third kappa shape index (κ3) is 2.99. The van der Waals surface area contributed by atoms with Crippen LogP contribution in [0, 0.1) is 0 Å². The highest BCUT2D eigenvalue weighted by Gasteiger charge is 2.13. The summed E-state index contributed by atoms with van der Waals surface area (Å²) < 4.78 is 0. The molecule has 0 unspecified atom stereocenters. The predicted octanol–water partition coefficient (Wildman–Crippen LogP) is 5.69. The molecule has 0 radical (unpaired) electrons. The van der Waals surface area contributed by atoms with Gasteiger partial charge in [0.1, 0.15) is 0 Å². The maximum absolute atomic E-state index is 4.42. The average Bonchev–Trinajstić information content (AvgIpc) is 2.68. The van der Waals surface area contributed by atoms with E-state index in [-0.39, 0.29) is 0 Å². The minimum Gasteiger partial charge on any atom is -0.348 e. The Morgan fingerprint density at radius 3 is 2.76 bits per heavy atom. The van der Waals surface area contributed by atoms with Gasteiger partial charge in [0, 0.05) is 35.6 Å². The molecule has 2 nitrogen and oxygen atoms in total.